The summed E-state index contributed by atoms with van der Waals surface area (Å²) >= 11 is 0. The van der Waals surface area contributed by atoms with Crippen molar-refractivity contribution < 1.29 is 23.0 Å². The van der Waals surface area contributed by atoms with Crippen LogP contribution < -0.4 is 14.8 Å². The Morgan fingerprint density at radius 1 is 1.17 bits per heavy atom. The minimum absolute atomic E-state index is 0.0414. The van der Waals surface area contributed by atoms with Gasteiger partial charge >= 0.3 is 0 Å². The predicted molar refractivity (Wildman–Crippen MR) is 103 cm³/mol. The van der Waals surface area contributed by atoms with Crippen LogP contribution in [0.5, 0.6) is 11.6 Å². The highest BCUT2D eigenvalue weighted by molar-refractivity contribution is 5.92. The van der Waals surface area contributed by atoms with E-state index in [1.165, 1.54) is 6.07 Å². The van der Waals surface area contributed by atoms with Crippen molar-refractivity contribution in [3.05, 3.63) is 77.0 Å². The van der Waals surface area contributed by atoms with E-state index in [2.05, 4.69) is 10.4 Å². The van der Waals surface area contributed by atoms with Crippen LogP contribution >= 0.6 is 0 Å². The quantitative estimate of drug-likeness (QED) is 0.717. The standard InChI is InChI=1S/C22H19F2N3O3/c23-15-8-14-9-16(12-29-21(14)17(24)10-15)25-22(28)18-11-20-27(26-18)7-6-19(30-20)13-4-2-1-3-5-13/h1-5,8,10-11,16,19H,6-7,9,12H2,(H,25,28). The molecule has 1 amide bonds. The summed E-state index contributed by atoms with van der Waals surface area (Å²) in [5, 5.41) is 7.16. The minimum atomic E-state index is -0.735. The summed E-state index contributed by atoms with van der Waals surface area (Å²) in [7, 11) is 0. The SMILES string of the molecule is O=C(NC1COc2c(F)cc(F)cc2C1)c1cc2n(n1)CCC(c1ccccc1)O2. The molecular weight excluding hydrogens is 392 g/mol. The first kappa shape index (κ1) is 18.6. The van der Waals surface area contributed by atoms with Crippen LogP contribution in [0.2, 0.25) is 0 Å². The number of halogens is 2. The molecule has 30 heavy (non-hydrogen) atoms. The fourth-order valence-electron chi connectivity index (χ4n) is 3.90. The van der Waals surface area contributed by atoms with Crippen molar-refractivity contribution in [3.63, 3.8) is 0 Å². The number of amides is 1. The van der Waals surface area contributed by atoms with E-state index in [0.29, 0.717) is 18.0 Å². The second kappa shape index (κ2) is 7.44. The van der Waals surface area contributed by atoms with Crippen molar-refractivity contribution in [1.82, 2.24) is 15.1 Å². The van der Waals surface area contributed by atoms with Crippen molar-refractivity contribution in [2.75, 3.05) is 6.61 Å². The van der Waals surface area contributed by atoms with Crippen molar-refractivity contribution in [3.8, 4) is 11.6 Å². The van der Waals surface area contributed by atoms with E-state index >= 15 is 0 Å². The lowest BCUT2D eigenvalue weighted by Crippen LogP contribution is -2.43. The van der Waals surface area contributed by atoms with E-state index in [9.17, 15) is 13.6 Å². The fraction of sp³-hybridized carbons (Fsp3) is 0.273. The molecule has 2 aromatic carbocycles. The van der Waals surface area contributed by atoms with Gasteiger partial charge < -0.3 is 14.8 Å². The molecule has 0 saturated heterocycles. The van der Waals surface area contributed by atoms with Crippen LogP contribution in [0, 0.1) is 11.6 Å². The van der Waals surface area contributed by atoms with Crippen molar-refractivity contribution >= 4 is 5.91 Å². The minimum Gasteiger partial charge on any atom is -0.488 e. The summed E-state index contributed by atoms with van der Waals surface area (Å²) in [6.45, 7) is 0.738. The molecule has 3 aromatic rings. The Morgan fingerprint density at radius 2 is 2.00 bits per heavy atom. The number of carbonyl (C=O) groups is 1. The molecule has 1 N–H and O–H groups in total. The van der Waals surface area contributed by atoms with Crippen molar-refractivity contribution in [1.29, 1.82) is 0 Å². The number of nitrogens with one attached hydrogen (secondary N) is 1. The molecule has 3 heterocycles. The van der Waals surface area contributed by atoms with Gasteiger partial charge in [0.05, 0.1) is 6.04 Å². The van der Waals surface area contributed by atoms with Gasteiger partial charge in [0, 0.05) is 30.7 Å². The number of aryl methyl sites for hydroxylation is 1. The summed E-state index contributed by atoms with van der Waals surface area (Å²) in [5.74, 6) is -1.21. The van der Waals surface area contributed by atoms with Gasteiger partial charge in [-0.15, -0.1) is 0 Å². The molecular formula is C22H19F2N3O3. The maximum absolute atomic E-state index is 13.8. The third-order valence-electron chi connectivity index (χ3n) is 5.33. The normalized spacial score (nSPS) is 19.8. The van der Waals surface area contributed by atoms with E-state index in [1.807, 2.05) is 30.3 Å². The zero-order chi connectivity index (χ0) is 20.7. The molecule has 2 atom stereocenters. The van der Waals surface area contributed by atoms with Gasteiger partial charge in [0.15, 0.2) is 17.3 Å². The van der Waals surface area contributed by atoms with Crippen LogP contribution in [0.3, 0.4) is 0 Å². The lowest BCUT2D eigenvalue weighted by atomic mass is 10.0. The van der Waals surface area contributed by atoms with Crippen LogP contribution in [0.25, 0.3) is 0 Å². The average molecular weight is 411 g/mol. The largest absolute Gasteiger partial charge is 0.488 e. The number of fused-ring (bicyclic) bond motifs is 2. The van der Waals surface area contributed by atoms with Crippen LogP contribution in [0.1, 0.15) is 34.1 Å². The lowest BCUT2D eigenvalue weighted by Gasteiger charge is -2.26. The predicted octanol–water partition coefficient (Wildman–Crippen LogP) is 3.42. The zero-order valence-corrected chi connectivity index (χ0v) is 16.0. The summed E-state index contributed by atoms with van der Waals surface area (Å²) in [6, 6.07) is 13.1. The van der Waals surface area contributed by atoms with Crippen LogP contribution in [-0.2, 0) is 13.0 Å². The molecule has 1 aromatic heterocycles. The van der Waals surface area contributed by atoms with Gasteiger partial charge in [-0.1, -0.05) is 30.3 Å². The first-order valence-electron chi connectivity index (χ1n) is 9.78. The fourth-order valence-corrected chi connectivity index (χ4v) is 3.90. The maximum atomic E-state index is 13.8. The first-order valence-corrected chi connectivity index (χ1v) is 9.78. The number of hydrogen-bond donors (Lipinski definition) is 1. The van der Waals surface area contributed by atoms with Crippen LogP contribution in [0.15, 0.2) is 48.5 Å². The Hall–Kier alpha value is -3.42. The van der Waals surface area contributed by atoms with Crippen LogP contribution in [-0.4, -0.2) is 28.3 Å². The van der Waals surface area contributed by atoms with Gasteiger partial charge in [-0.3, -0.25) is 4.79 Å². The number of carbonyl (C=O) groups excluding carboxylic acids is 1. The second-order valence-corrected chi connectivity index (χ2v) is 7.46. The molecule has 2 aliphatic heterocycles. The third kappa shape index (κ3) is 3.49. The van der Waals surface area contributed by atoms with E-state index in [4.69, 9.17) is 9.47 Å². The molecule has 0 fully saturated rings. The van der Waals surface area contributed by atoms with Gasteiger partial charge in [-0.05, 0) is 18.1 Å². The number of aromatic nitrogens is 2. The molecule has 0 radical (unpaired) electrons. The van der Waals surface area contributed by atoms with Gasteiger partial charge in [-0.2, -0.15) is 5.10 Å². The van der Waals surface area contributed by atoms with Gasteiger partial charge in [-0.25, -0.2) is 13.5 Å². The van der Waals surface area contributed by atoms with E-state index in [1.54, 1.807) is 10.7 Å². The zero-order valence-electron chi connectivity index (χ0n) is 16.0. The van der Waals surface area contributed by atoms with Crippen molar-refractivity contribution in [2.45, 2.75) is 31.5 Å². The molecule has 0 aliphatic carbocycles. The van der Waals surface area contributed by atoms with Gasteiger partial charge in [0.2, 0.25) is 5.88 Å². The molecule has 0 saturated carbocycles. The lowest BCUT2D eigenvalue weighted by molar-refractivity contribution is 0.0908. The number of benzene rings is 2. The second-order valence-electron chi connectivity index (χ2n) is 7.46. The number of hydrogen-bond acceptors (Lipinski definition) is 4. The Labute approximate surface area is 171 Å². The van der Waals surface area contributed by atoms with Crippen molar-refractivity contribution in [2.24, 2.45) is 0 Å². The molecule has 2 aliphatic rings. The highest BCUT2D eigenvalue weighted by Gasteiger charge is 2.28. The van der Waals surface area contributed by atoms with E-state index < -0.39 is 17.7 Å². The Balaban J connectivity index is 1.27. The summed E-state index contributed by atoms with van der Waals surface area (Å²) in [6.07, 6.45) is 0.944. The number of rotatable bonds is 3. The molecule has 6 nitrogen and oxygen atoms in total. The smallest absolute Gasteiger partial charge is 0.272 e. The average Bonchev–Trinajstić information content (AvgIpc) is 3.17. The van der Waals surface area contributed by atoms with E-state index in [0.717, 1.165) is 18.1 Å². The first-order chi connectivity index (χ1) is 14.6. The molecule has 0 bridgehead atoms. The topological polar surface area (TPSA) is 65.4 Å². The maximum Gasteiger partial charge on any atom is 0.272 e. The molecule has 8 heteroatoms. The summed E-state index contributed by atoms with van der Waals surface area (Å²) in [5.41, 5.74) is 1.70. The van der Waals surface area contributed by atoms with Gasteiger partial charge in [0.25, 0.3) is 5.91 Å². The number of ether oxygens (including phenoxy) is 2. The summed E-state index contributed by atoms with van der Waals surface area (Å²) < 4.78 is 40.4. The monoisotopic (exact) mass is 411 g/mol. The highest BCUT2D eigenvalue weighted by Crippen LogP contribution is 2.31. The van der Waals surface area contributed by atoms with E-state index in [-0.39, 0.29) is 36.5 Å². The Bertz CT molecular complexity index is 1100. The van der Waals surface area contributed by atoms with Crippen LogP contribution in [0.4, 0.5) is 8.78 Å². The molecule has 0 spiro atoms. The summed E-state index contributed by atoms with van der Waals surface area (Å²) in [4.78, 5) is 12.7. The third-order valence-corrected chi connectivity index (χ3v) is 5.33. The Morgan fingerprint density at radius 3 is 2.83 bits per heavy atom. The molecule has 2 unspecified atom stereocenters. The highest BCUT2D eigenvalue weighted by atomic mass is 19.1. The Kier molecular flexibility index (Phi) is 4.61. The number of nitrogens with zero attached hydrogens (tertiary/aromatic N) is 2. The van der Waals surface area contributed by atoms with Gasteiger partial charge in [0.1, 0.15) is 18.5 Å². The molecule has 5 rings (SSSR count). The molecule has 154 valence electrons.